The van der Waals surface area contributed by atoms with Crippen molar-refractivity contribution in [3.63, 3.8) is 0 Å². The molecule has 9 heteroatoms. The van der Waals surface area contributed by atoms with Crippen molar-refractivity contribution in [2.75, 3.05) is 30.0 Å². The second-order valence-electron chi connectivity index (χ2n) is 6.56. The second kappa shape index (κ2) is 6.24. The maximum Gasteiger partial charge on any atom is 0.221 e. The van der Waals surface area contributed by atoms with E-state index in [-0.39, 0.29) is 11.2 Å². The molecule has 0 amide bonds. The lowest BCUT2D eigenvalue weighted by Gasteiger charge is -2.33. The van der Waals surface area contributed by atoms with Crippen LogP contribution >= 0.6 is 0 Å². The van der Waals surface area contributed by atoms with Gasteiger partial charge in [0.25, 0.3) is 0 Å². The summed E-state index contributed by atoms with van der Waals surface area (Å²) in [5.74, 6) is 0.811. The summed E-state index contributed by atoms with van der Waals surface area (Å²) in [6.45, 7) is 1.42. The largest absolute Gasteiger partial charge is 0.371 e. The quantitative estimate of drug-likeness (QED) is 0.741. The van der Waals surface area contributed by atoms with E-state index in [0.29, 0.717) is 31.7 Å². The molecule has 0 atom stereocenters. The summed E-state index contributed by atoms with van der Waals surface area (Å²) in [5, 5.41) is 5.22. The zero-order chi connectivity index (χ0) is 18.3. The lowest BCUT2D eigenvalue weighted by molar-refractivity contribution is 0.535. The van der Waals surface area contributed by atoms with Gasteiger partial charge in [0.1, 0.15) is 9.84 Å². The molecule has 8 nitrogen and oxygen atoms in total. The first kappa shape index (κ1) is 16.8. The average molecular weight is 372 g/mol. The summed E-state index contributed by atoms with van der Waals surface area (Å²) < 4.78 is 25.3. The van der Waals surface area contributed by atoms with E-state index in [1.165, 1.54) is 6.26 Å². The SMILES string of the molecule is CS(=O)(=O)C1CCN(c2cccc3c2cnn3-c2ccnc(N)n2)CC1. The van der Waals surface area contributed by atoms with Crippen LogP contribution in [0.25, 0.3) is 16.7 Å². The molecule has 0 unspecified atom stereocenters. The monoisotopic (exact) mass is 372 g/mol. The predicted molar refractivity (Wildman–Crippen MR) is 101 cm³/mol. The Balaban J connectivity index is 1.68. The number of anilines is 2. The van der Waals surface area contributed by atoms with E-state index in [9.17, 15) is 8.42 Å². The maximum atomic E-state index is 11.8. The van der Waals surface area contributed by atoms with Crippen LogP contribution in [0.1, 0.15) is 12.8 Å². The van der Waals surface area contributed by atoms with E-state index in [2.05, 4.69) is 20.0 Å². The van der Waals surface area contributed by atoms with Crippen molar-refractivity contribution in [2.24, 2.45) is 0 Å². The molecule has 26 heavy (non-hydrogen) atoms. The van der Waals surface area contributed by atoms with Gasteiger partial charge in [-0.2, -0.15) is 10.1 Å². The lowest BCUT2D eigenvalue weighted by atomic mass is 10.1. The van der Waals surface area contributed by atoms with Crippen LogP contribution < -0.4 is 10.6 Å². The molecule has 2 N–H and O–H groups in total. The summed E-state index contributed by atoms with van der Waals surface area (Å²) in [4.78, 5) is 10.4. The third-order valence-corrected chi connectivity index (χ3v) is 6.54. The van der Waals surface area contributed by atoms with E-state index in [1.54, 1.807) is 16.9 Å². The van der Waals surface area contributed by atoms with Gasteiger partial charge in [-0.15, -0.1) is 0 Å². The minimum atomic E-state index is -2.98. The molecule has 1 saturated heterocycles. The topological polar surface area (TPSA) is 107 Å². The number of sulfone groups is 1. The fraction of sp³-hybridized carbons (Fsp3) is 0.353. The summed E-state index contributed by atoms with van der Waals surface area (Å²) in [6, 6.07) is 7.76. The van der Waals surface area contributed by atoms with Gasteiger partial charge in [-0.25, -0.2) is 18.1 Å². The lowest BCUT2D eigenvalue weighted by Crippen LogP contribution is -2.39. The zero-order valence-electron chi connectivity index (χ0n) is 14.4. The third kappa shape index (κ3) is 2.98. The van der Waals surface area contributed by atoms with Crippen LogP contribution in [0.15, 0.2) is 36.7 Å². The number of rotatable bonds is 3. The Kier molecular flexibility index (Phi) is 4.03. The number of piperidine rings is 1. The van der Waals surface area contributed by atoms with E-state index < -0.39 is 9.84 Å². The van der Waals surface area contributed by atoms with Crippen molar-refractivity contribution in [2.45, 2.75) is 18.1 Å². The van der Waals surface area contributed by atoms with Crippen LogP contribution in [0, 0.1) is 0 Å². The molecular weight excluding hydrogens is 352 g/mol. The fourth-order valence-electron chi connectivity index (χ4n) is 3.50. The summed E-state index contributed by atoms with van der Waals surface area (Å²) in [5.41, 5.74) is 7.66. The van der Waals surface area contributed by atoms with Crippen LogP contribution in [0.5, 0.6) is 0 Å². The molecule has 0 aliphatic carbocycles. The van der Waals surface area contributed by atoms with Gasteiger partial charge in [0, 0.05) is 42.7 Å². The van der Waals surface area contributed by atoms with Gasteiger partial charge in [-0.1, -0.05) is 6.07 Å². The Morgan fingerprint density at radius 3 is 2.65 bits per heavy atom. The molecule has 0 spiro atoms. The number of nitrogens with two attached hydrogens (primary N) is 1. The molecule has 1 fully saturated rings. The molecule has 0 bridgehead atoms. The van der Waals surface area contributed by atoms with Crippen LogP contribution in [-0.4, -0.2) is 52.8 Å². The van der Waals surface area contributed by atoms with Gasteiger partial charge in [0.2, 0.25) is 5.95 Å². The van der Waals surface area contributed by atoms with Crippen molar-refractivity contribution in [3.05, 3.63) is 36.7 Å². The molecule has 136 valence electrons. The van der Waals surface area contributed by atoms with Crippen LogP contribution in [0.3, 0.4) is 0 Å². The Bertz CT molecular complexity index is 1050. The fourth-order valence-corrected chi connectivity index (χ4v) is 4.57. The van der Waals surface area contributed by atoms with Gasteiger partial charge in [-0.05, 0) is 25.0 Å². The van der Waals surface area contributed by atoms with Crippen molar-refractivity contribution >= 4 is 32.4 Å². The maximum absolute atomic E-state index is 11.8. The highest BCUT2D eigenvalue weighted by Crippen LogP contribution is 2.31. The molecule has 4 rings (SSSR count). The Morgan fingerprint density at radius 1 is 1.19 bits per heavy atom. The zero-order valence-corrected chi connectivity index (χ0v) is 15.2. The number of hydrogen-bond acceptors (Lipinski definition) is 7. The second-order valence-corrected chi connectivity index (χ2v) is 8.88. The van der Waals surface area contributed by atoms with Gasteiger partial charge in [0.15, 0.2) is 5.82 Å². The molecule has 1 aliphatic rings. The van der Waals surface area contributed by atoms with Crippen LogP contribution in [-0.2, 0) is 9.84 Å². The Hall–Kier alpha value is -2.68. The molecule has 1 aliphatic heterocycles. The standard InChI is InChI=1S/C17H20N6O2S/c1-26(24,25)12-6-9-22(10-7-12)14-3-2-4-15-13(14)11-20-23(15)16-5-8-19-17(18)21-16/h2-5,8,11-12H,6-7,9-10H2,1H3,(H2,18,19,21). The highest BCUT2D eigenvalue weighted by atomic mass is 32.2. The third-order valence-electron chi connectivity index (χ3n) is 4.86. The number of hydrogen-bond donors (Lipinski definition) is 1. The van der Waals surface area contributed by atoms with Crippen molar-refractivity contribution in [1.29, 1.82) is 0 Å². The first-order valence-electron chi connectivity index (χ1n) is 8.43. The van der Waals surface area contributed by atoms with Gasteiger partial charge < -0.3 is 10.6 Å². The number of nitrogen functional groups attached to an aromatic ring is 1. The number of nitrogens with zero attached hydrogens (tertiary/aromatic N) is 5. The van der Waals surface area contributed by atoms with Crippen molar-refractivity contribution in [3.8, 4) is 5.82 Å². The summed E-state index contributed by atoms with van der Waals surface area (Å²) in [6.07, 6.45) is 6.03. The van der Waals surface area contributed by atoms with Crippen molar-refractivity contribution < 1.29 is 8.42 Å². The normalized spacial score (nSPS) is 16.3. The smallest absolute Gasteiger partial charge is 0.221 e. The minimum Gasteiger partial charge on any atom is -0.371 e. The molecule has 0 radical (unpaired) electrons. The average Bonchev–Trinajstić information content (AvgIpc) is 3.05. The minimum absolute atomic E-state index is 0.199. The Labute approximate surface area is 151 Å². The van der Waals surface area contributed by atoms with Crippen LogP contribution in [0.4, 0.5) is 11.6 Å². The first-order valence-corrected chi connectivity index (χ1v) is 10.4. The molecule has 0 saturated carbocycles. The van der Waals surface area contributed by atoms with Crippen LogP contribution in [0.2, 0.25) is 0 Å². The molecule has 3 heterocycles. The van der Waals surface area contributed by atoms with Gasteiger partial charge in [0.05, 0.1) is 17.0 Å². The number of fused-ring (bicyclic) bond motifs is 1. The van der Waals surface area contributed by atoms with E-state index >= 15 is 0 Å². The van der Waals surface area contributed by atoms with Crippen molar-refractivity contribution in [1.82, 2.24) is 19.7 Å². The van der Waals surface area contributed by atoms with Gasteiger partial charge >= 0.3 is 0 Å². The predicted octanol–water partition coefficient (Wildman–Crippen LogP) is 1.41. The summed E-state index contributed by atoms with van der Waals surface area (Å²) in [7, 11) is -2.98. The van der Waals surface area contributed by atoms with E-state index in [4.69, 9.17) is 5.73 Å². The van der Waals surface area contributed by atoms with E-state index in [0.717, 1.165) is 16.6 Å². The highest BCUT2D eigenvalue weighted by molar-refractivity contribution is 7.91. The van der Waals surface area contributed by atoms with E-state index in [1.807, 2.05) is 24.4 Å². The molecular formula is C17H20N6O2S. The molecule has 1 aromatic carbocycles. The molecule has 2 aromatic heterocycles. The number of aromatic nitrogens is 4. The Morgan fingerprint density at radius 2 is 1.96 bits per heavy atom. The number of benzene rings is 1. The molecule has 3 aromatic rings. The summed E-state index contributed by atoms with van der Waals surface area (Å²) >= 11 is 0. The highest BCUT2D eigenvalue weighted by Gasteiger charge is 2.27. The van der Waals surface area contributed by atoms with Gasteiger partial charge in [-0.3, -0.25) is 0 Å². The first-order chi connectivity index (χ1) is 12.4.